The molecule has 5 nitrogen and oxygen atoms in total. The summed E-state index contributed by atoms with van der Waals surface area (Å²) in [6, 6.07) is 0.559. The molecule has 0 radical (unpaired) electrons. The summed E-state index contributed by atoms with van der Waals surface area (Å²) in [5.41, 5.74) is 0. The Morgan fingerprint density at radius 1 is 1.27 bits per heavy atom. The molecule has 1 atom stereocenters. The number of rotatable bonds is 6. The van der Waals surface area contributed by atoms with Crippen LogP contribution in [0, 0.1) is 0 Å². The van der Waals surface area contributed by atoms with E-state index in [1.165, 1.54) is 32.1 Å². The van der Waals surface area contributed by atoms with E-state index in [0.29, 0.717) is 19.0 Å². The van der Waals surface area contributed by atoms with E-state index < -0.39 is 0 Å². The molecule has 1 heterocycles. The van der Waals surface area contributed by atoms with Crippen molar-refractivity contribution in [1.29, 1.82) is 0 Å². The van der Waals surface area contributed by atoms with Gasteiger partial charge >= 0.3 is 0 Å². The van der Waals surface area contributed by atoms with Crippen LogP contribution in [0.1, 0.15) is 45.4 Å². The molecule has 0 spiro atoms. The molecular formula is C16H32ClN3O2. The van der Waals surface area contributed by atoms with Crippen molar-refractivity contribution in [2.24, 2.45) is 0 Å². The third-order valence-electron chi connectivity index (χ3n) is 4.67. The van der Waals surface area contributed by atoms with Crippen molar-refractivity contribution < 1.29 is 9.90 Å². The number of aliphatic hydroxyl groups is 1. The fraction of sp³-hybridized carbons (Fsp3) is 0.938. The molecular weight excluding hydrogens is 302 g/mol. The number of carbonyl (C=O) groups is 1. The highest BCUT2D eigenvalue weighted by molar-refractivity contribution is 5.85. The van der Waals surface area contributed by atoms with Crippen molar-refractivity contribution in [2.75, 3.05) is 39.3 Å². The summed E-state index contributed by atoms with van der Waals surface area (Å²) in [4.78, 5) is 16.6. The minimum atomic E-state index is -0.318. The molecule has 0 aromatic carbocycles. The average molecular weight is 334 g/mol. The van der Waals surface area contributed by atoms with Crippen LogP contribution in [0.25, 0.3) is 0 Å². The highest BCUT2D eigenvalue weighted by Crippen LogP contribution is 2.23. The molecule has 0 aromatic heterocycles. The molecule has 130 valence electrons. The molecule has 0 bridgehead atoms. The Morgan fingerprint density at radius 2 is 1.91 bits per heavy atom. The zero-order valence-electron chi connectivity index (χ0n) is 13.8. The van der Waals surface area contributed by atoms with E-state index in [1.807, 2.05) is 11.8 Å². The van der Waals surface area contributed by atoms with E-state index in [0.717, 1.165) is 32.7 Å². The highest BCUT2D eigenvalue weighted by Gasteiger charge is 2.24. The minimum Gasteiger partial charge on any atom is -0.392 e. The molecule has 22 heavy (non-hydrogen) atoms. The number of carbonyl (C=O) groups excluding carboxylic acids is 1. The van der Waals surface area contributed by atoms with Gasteiger partial charge in [-0.2, -0.15) is 0 Å². The van der Waals surface area contributed by atoms with Crippen molar-refractivity contribution in [3.63, 3.8) is 0 Å². The molecule has 2 N–H and O–H groups in total. The highest BCUT2D eigenvalue weighted by atomic mass is 35.5. The monoisotopic (exact) mass is 333 g/mol. The lowest BCUT2D eigenvalue weighted by atomic mass is 9.94. The number of piperazine rings is 1. The van der Waals surface area contributed by atoms with Crippen LogP contribution < -0.4 is 5.32 Å². The number of aliphatic hydroxyl groups excluding tert-OH is 1. The van der Waals surface area contributed by atoms with Gasteiger partial charge in [0.05, 0.1) is 6.10 Å². The van der Waals surface area contributed by atoms with E-state index >= 15 is 0 Å². The second-order valence-electron chi connectivity index (χ2n) is 6.52. The Labute approximate surface area is 140 Å². The fourth-order valence-corrected chi connectivity index (χ4v) is 3.52. The predicted molar refractivity (Wildman–Crippen MR) is 91.4 cm³/mol. The minimum absolute atomic E-state index is 0. The molecule has 1 unspecified atom stereocenters. The van der Waals surface area contributed by atoms with Gasteiger partial charge in [-0.15, -0.1) is 12.4 Å². The van der Waals surface area contributed by atoms with Gasteiger partial charge < -0.3 is 15.3 Å². The maximum absolute atomic E-state index is 12.3. The molecule has 1 saturated heterocycles. The van der Waals surface area contributed by atoms with Crippen molar-refractivity contribution in [3.8, 4) is 0 Å². The van der Waals surface area contributed by atoms with Gasteiger partial charge in [-0.05, 0) is 19.8 Å². The average Bonchev–Trinajstić information content (AvgIpc) is 2.52. The first-order valence-electron chi connectivity index (χ1n) is 8.57. The van der Waals surface area contributed by atoms with Gasteiger partial charge in [-0.3, -0.25) is 9.69 Å². The van der Waals surface area contributed by atoms with Crippen LogP contribution >= 0.6 is 12.4 Å². The van der Waals surface area contributed by atoms with Gasteiger partial charge in [0.2, 0.25) is 5.91 Å². The number of halogens is 1. The molecule has 1 aliphatic heterocycles. The summed E-state index contributed by atoms with van der Waals surface area (Å²) in [6.45, 7) is 6.81. The first-order chi connectivity index (χ1) is 10.2. The predicted octanol–water partition coefficient (Wildman–Crippen LogP) is 1.25. The van der Waals surface area contributed by atoms with Gasteiger partial charge in [0.25, 0.3) is 0 Å². The molecule has 0 aromatic rings. The molecule has 1 amide bonds. The van der Waals surface area contributed by atoms with Crippen LogP contribution in [0.15, 0.2) is 0 Å². The van der Waals surface area contributed by atoms with E-state index in [2.05, 4.69) is 10.2 Å². The van der Waals surface area contributed by atoms with E-state index in [4.69, 9.17) is 0 Å². The van der Waals surface area contributed by atoms with E-state index in [9.17, 15) is 9.90 Å². The number of nitrogens with one attached hydrogen (secondary N) is 1. The third kappa shape index (κ3) is 6.41. The van der Waals surface area contributed by atoms with Crippen LogP contribution in [-0.2, 0) is 4.79 Å². The lowest BCUT2D eigenvalue weighted by Crippen LogP contribution is -2.48. The maximum atomic E-state index is 12.3. The molecule has 2 rings (SSSR count). The van der Waals surface area contributed by atoms with Crippen molar-refractivity contribution >= 4 is 18.3 Å². The standard InChI is InChI=1S/C16H31N3O2.ClH/c1-14(20)13-19(15-5-3-2-4-6-15)10-7-16(21)18-11-8-17-9-12-18;/h14-15,17,20H,2-13H2,1H3;1H. The van der Waals surface area contributed by atoms with E-state index in [-0.39, 0.29) is 24.4 Å². The summed E-state index contributed by atoms with van der Waals surface area (Å²) in [7, 11) is 0. The van der Waals surface area contributed by atoms with Crippen molar-refractivity contribution in [2.45, 2.75) is 57.6 Å². The Hall–Kier alpha value is -0.360. The fourth-order valence-electron chi connectivity index (χ4n) is 3.52. The molecule has 2 fully saturated rings. The summed E-state index contributed by atoms with van der Waals surface area (Å²) >= 11 is 0. The number of hydrogen-bond donors (Lipinski definition) is 2. The number of nitrogens with zero attached hydrogens (tertiary/aromatic N) is 2. The van der Waals surface area contributed by atoms with Crippen LogP contribution in [0.4, 0.5) is 0 Å². The maximum Gasteiger partial charge on any atom is 0.223 e. The van der Waals surface area contributed by atoms with Gasteiger partial charge in [-0.25, -0.2) is 0 Å². The van der Waals surface area contributed by atoms with Crippen LogP contribution in [0.5, 0.6) is 0 Å². The first kappa shape index (κ1) is 19.7. The topological polar surface area (TPSA) is 55.8 Å². The zero-order chi connectivity index (χ0) is 15.1. The Kier molecular flexibility index (Phi) is 9.33. The van der Waals surface area contributed by atoms with Crippen molar-refractivity contribution in [1.82, 2.24) is 15.1 Å². The molecule has 2 aliphatic rings. The molecule has 6 heteroatoms. The quantitative estimate of drug-likeness (QED) is 0.768. The lowest BCUT2D eigenvalue weighted by Gasteiger charge is -2.35. The van der Waals surface area contributed by atoms with Crippen LogP contribution in [0.2, 0.25) is 0 Å². The normalized spacial score (nSPS) is 21.5. The zero-order valence-corrected chi connectivity index (χ0v) is 14.6. The lowest BCUT2D eigenvalue weighted by molar-refractivity contribution is -0.132. The number of amides is 1. The van der Waals surface area contributed by atoms with Gasteiger partial charge in [-0.1, -0.05) is 19.3 Å². The van der Waals surface area contributed by atoms with E-state index in [1.54, 1.807) is 0 Å². The Balaban J connectivity index is 0.00000242. The summed E-state index contributed by atoms with van der Waals surface area (Å²) in [5.74, 6) is 0.267. The Morgan fingerprint density at radius 3 is 2.50 bits per heavy atom. The van der Waals surface area contributed by atoms with Gasteiger partial charge in [0.15, 0.2) is 0 Å². The first-order valence-corrected chi connectivity index (χ1v) is 8.57. The van der Waals surface area contributed by atoms with Gasteiger partial charge in [0, 0.05) is 51.7 Å². The molecule has 1 saturated carbocycles. The van der Waals surface area contributed by atoms with Crippen molar-refractivity contribution in [3.05, 3.63) is 0 Å². The summed E-state index contributed by atoms with van der Waals surface area (Å²) in [5, 5.41) is 13.0. The third-order valence-corrected chi connectivity index (χ3v) is 4.67. The van der Waals surface area contributed by atoms with Crippen LogP contribution in [0.3, 0.4) is 0 Å². The van der Waals surface area contributed by atoms with Gasteiger partial charge in [0.1, 0.15) is 0 Å². The Bertz CT molecular complexity index is 317. The SMILES string of the molecule is CC(O)CN(CCC(=O)N1CCNCC1)C1CCCCC1.Cl. The number of hydrogen-bond acceptors (Lipinski definition) is 4. The largest absolute Gasteiger partial charge is 0.392 e. The second kappa shape index (κ2) is 10.4. The van der Waals surface area contributed by atoms with Crippen LogP contribution in [-0.4, -0.2) is 72.2 Å². The second-order valence-corrected chi connectivity index (χ2v) is 6.52. The smallest absolute Gasteiger partial charge is 0.223 e. The summed E-state index contributed by atoms with van der Waals surface area (Å²) in [6.07, 6.45) is 6.60. The molecule has 1 aliphatic carbocycles. The summed E-state index contributed by atoms with van der Waals surface area (Å²) < 4.78 is 0.